The van der Waals surface area contributed by atoms with Crippen LogP contribution in [0.1, 0.15) is 34.1 Å². The van der Waals surface area contributed by atoms with E-state index in [1.165, 1.54) is 14.2 Å². The van der Waals surface area contributed by atoms with Crippen molar-refractivity contribution < 1.29 is 19.1 Å². The van der Waals surface area contributed by atoms with Crippen LogP contribution in [0.15, 0.2) is 0 Å². The molecule has 0 radical (unpaired) electrons. The third kappa shape index (κ3) is 4.31. The van der Waals surface area contributed by atoms with Crippen LogP contribution in [-0.2, 0) is 19.1 Å². The molecule has 1 unspecified atom stereocenters. The molecule has 0 saturated heterocycles. The van der Waals surface area contributed by atoms with Crippen molar-refractivity contribution in [2.45, 2.75) is 40.2 Å². The van der Waals surface area contributed by atoms with Crippen LogP contribution in [0.3, 0.4) is 0 Å². The molecular formula is C12H22O4. The lowest BCUT2D eigenvalue weighted by atomic mass is 9.79. The summed E-state index contributed by atoms with van der Waals surface area (Å²) in [6, 6.07) is 0. The van der Waals surface area contributed by atoms with Crippen molar-refractivity contribution in [2.24, 2.45) is 11.3 Å². The normalized spacial score (nSPS) is 15.4. The first-order valence-electron chi connectivity index (χ1n) is 5.38. The van der Waals surface area contributed by atoms with Gasteiger partial charge in [-0.3, -0.25) is 9.59 Å². The molecule has 4 nitrogen and oxygen atoms in total. The summed E-state index contributed by atoms with van der Waals surface area (Å²) >= 11 is 0. The van der Waals surface area contributed by atoms with Crippen molar-refractivity contribution in [1.29, 1.82) is 0 Å². The van der Waals surface area contributed by atoms with Gasteiger partial charge in [0.2, 0.25) is 0 Å². The summed E-state index contributed by atoms with van der Waals surface area (Å²) in [5.74, 6) is -0.809. The molecule has 0 aromatic rings. The monoisotopic (exact) mass is 230 g/mol. The van der Waals surface area contributed by atoms with E-state index in [0.29, 0.717) is 0 Å². The molecule has 0 amide bonds. The first kappa shape index (κ1) is 15.1. The average Bonchev–Trinajstić information content (AvgIpc) is 2.22. The van der Waals surface area contributed by atoms with Crippen LogP contribution in [0.25, 0.3) is 0 Å². The molecule has 0 rings (SSSR count). The minimum absolute atomic E-state index is 0.0206. The molecule has 0 spiro atoms. The summed E-state index contributed by atoms with van der Waals surface area (Å²) in [4.78, 5) is 23.4. The molecule has 0 aliphatic rings. The smallest absolute Gasteiger partial charge is 0.306 e. The Hall–Kier alpha value is -0.900. The van der Waals surface area contributed by atoms with E-state index >= 15 is 0 Å². The minimum Gasteiger partial charge on any atom is -0.469 e. The lowest BCUT2D eigenvalue weighted by molar-refractivity contribution is -0.148. The van der Waals surface area contributed by atoms with Crippen molar-refractivity contribution in [3.8, 4) is 0 Å². The number of carbonyl (C=O) groups is 2. The van der Waals surface area contributed by atoms with Crippen LogP contribution >= 0.6 is 0 Å². The Kier molecular flexibility index (Phi) is 5.65. The van der Waals surface area contributed by atoms with E-state index < -0.39 is 11.3 Å². The van der Waals surface area contributed by atoms with Crippen molar-refractivity contribution in [2.75, 3.05) is 14.2 Å². The number of carbonyl (C=O) groups excluding carboxylic acids is 2. The molecule has 0 aromatic carbocycles. The van der Waals surface area contributed by atoms with Gasteiger partial charge in [-0.05, 0) is 6.92 Å². The summed E-state index contributed by atoms with van der Waals surface area (Å²) in [6.07, 6.45) is -0.215. The van der Waals surface area contributed by atoms with E-state index in [4.69, 9.17) is 4.74 Å². The average molecular weight is 230 g/mol. The van der Waals surface area contributed by atoms with Gasteiger partial charge < -0.3 is 9.47 Å². The molecule has 0 heterocycles. The van der Waals surface area contributed by atoms with Crippen LogP contribution in [0.5, 0.6) is 0 Å². The highest BCUT2D eigenvalue weighted by Crippen LogP contribution is 2.26. The van der Waals surface area contributed by atoms with Crippen LogP contribution in [-0.4, -0.2) is 32.1 Å². The Bertz CT molecular complexity index is 252. The zero-order valence-electron chi connectivity index (χ0n) is 11.0. The predicted molar refractivity (Wildman–Crippen MR) is 61.1 cm³/mol. The third-order valence-electron chi connectivity index (χ3n) is 2.63. The molecule has 94 valence electrons. The maximum atomic E-state index is 12.1. The Balaban J connectivity index is 4.81. The van der Waals surface area contributed by atoms with Crippen LogP contribution < -0.4 is 0 Å². The van der Waals surface area contributed by atoms with Crippen LogP contribution in [0, 0.1) is 11.3 Å². The summed E-state index contributed by atoms with van der Waals surface area (Å²) in [5.41, 5.74) is -0.481. The Morgan fingerprint density at radius 3 is 2.00 bits per heavy atom. The highest BCUT2D eigenvalue weighted by atomic mass is 16.5. The number of esters is 1. The van der Waals surface area contributed by atoms with Gasteiger partial charge in [0.1, 0.15) is 5.78 Å². The Morgan fingerprint density at radius 2 is 1.69 bits per heavy atom. The molecular weight excluding hydrogens is 208 g/mol. The van der Waals surface area contributed by atoms with Crippen molar-refractivity contribution in [3.05, 3.63) is 0 Å². The zero-order valence-corrected chi connectivity index (χ0v) is 11.0. The number of Topliss-reactive ketones (excluding diaryl/α,β-unsaturated/α-hetero) is 1. The SMILES string of the molecule is COC(=O)C[C@H](C(=O)C(C)(C)C)C(C)OC. The van der Waals surface area contributed by atoms with E-state index in [0.717, 1.165) is 0 Å². The summed E-state index contributed by atoms with van der Waals surface area (Å²) in [6.45, 7) is 7.29. The Morgan fingerprint density at radius 1 is 1.19 bits per heavy atom. The van der Waals surface area contributed by atoms with E-state index in [-0.39, 0.29) is 24.3 Å². The van der Waals surface area contributed by atoms with Gasteiger partial charge >= 0.3 is 5.97 Å². The van der Waals surface area contributed by atoms with Gasteiger partial charge in [-0.25, -0.2) is 0 Å². The second kappa shape index (κ2) is 5.99. The molecule has 16 heavy (non-hydrogen) atoms. The van der Waals surface area contributed by atoms with Crippen molar-refractivity contribution in [1.82, 2.24) is 0 Å². The maximum absolute atomic E-state index is 12.1. The number of hydrogen-bond acceptors (Lipinski definition) is 4. The number of ether oxygens (including phenoxy) is 2. The molecule has 0 aliphatic heterocycles. The number of rotatable bonds is 5. The van der Waals surface area contributed by atoms with Crippen LogP contribution in [0.2, 0.25) is 0 Å². The molecule has 0 saturated carbocycles. The van der Waals surface area contributed by atoms with Crippen LogP contribution in [0.4, 0.5) is 0 Å². The van der Waals surface area contributed by atoms with E-state index in [1.807, 2.05) is 20.8 Å². The lowest BCUT2D eigenvalue weighted by Gasteiger charge is -2.27. The van der Waals surface area contributed by atoms with Gasteiger partial charge in [-0.1, -0.05) is 20.8 Å². The molecule has 0 N–H and O–H groups in total. The van der Waals surface area contributed by atoms with Gasteiger partial charge in [-0.2, -0.15) is 0 Å². The summed E-state index contributed by atoms with van der Waals surface area (Å²) < 4.78 is 9.74. The largest absolute Gasteiger partial charge is 0.469 e. The van der Waals surface area contributed by atoms with Gasteiger partial charge in [0.15, 0.2) is 0 Å². The first-order valence-corrected chi connectivity index (χ1v) is 5.38. The molecule has 0 aliphatic carbocycles. The standard InChI is InChI=1S/C12H22O4/c1-8(15-5)9(7-10(13)16-6)11(14)12(2,3)4/h8-9H,7H2,1-6H3/t8?,9-/m0/s1. The molecule has 4 heteroatoms. The maximum Gasteiger partial charge on any atom is 0.306 e. The highest BCUT2D eigenvalue weighted by Gasteiger charge is 2.35. The van der Waals surface area contributed by atoms with Gasteiger partial charge in [0.25, 0.3) is 0 Å². The number of hydrogen-bond donors (Lipinski definition) is 0. The second-order valence-corrected chi connectivity index (χ2v) is 4.94. The second-order valence-electron chi connectivity index (χ2n) is 4.94. The zero-order chi connectivity index (χ0) is 12.9. The van der Waals surface area contributed by atoms with Gasteiger partial charge in [-0.15, -0.1) is 0 Å². The van der Waals surface area contributed by atoms with Gasteiger partial charge in [0.05, 0.1) is 25.6 Å². The molecule has 0 bridgehead atoms. The minimum atomic E-state index is -0.481. The predicted octanol–water partition coefficient (Wildman–Crippen LogP) is 1.82. The molecule has 0 aromatic heterocycles. The lowest BCUT2D eigenvalue weighted by Crippen LogP contribution is -2.37. The van der Waals surface area contributed by atoms with E-state index in [2.05, 4.69) is 4.74 Å². The molecule has 0 fully saturated rings. The topological polar surface area (TPSA) is 52.6 Å². The quantitative estimate of drug-likeness (QED) is 0.676. The number of ketones is 1. The van der Waals surface area contributed by atoms with E-state index in [1.54, 1.807) is 6.92 Å². The fourth-order valence-electron chi connectivity index (χ4n) is 1.46. The van der Waals surface area contributed by atoms with Gasteiger partial charge in [0, 0.05) is 12.5 Å². The fourth-order valence-corrected chi connectivity index (χ4v) is 1.46. The van der Waals surface area contributed by atoms with E-state index in [9.17, 15) is 9.59 Å². The van der Waals surface area contributed by atoms with Crippen molar-refractivity contribution in [3.63, 3.8) is 0 Å². The molecule has 2 atom stereocenters. The number of methoxy groups -OCH3 is 2. The third-order valence-corrected chi connectivity index (χ3v) is 2.63. The summed E-state index contributed by atoms with van der Waals surface area (Å²) in [5, 5.41) is 0. The highest BCUT2D eigenvalue weighted by molar-refractivity contribution is 5.89. The Labute approximate surface area is 97.3 Å². The fraction of sp³-hybridized carbons (Fsp3) is 0.833. The summed E-state index contributed by atoms with van der Waals surface area (Å²) in [7, 11) is 2.85. The first-order chi connectivity index (χ1) is 7.23. The van der Waals surface area contributed by atoms with Crippen molar-refractivity contribution >= 4 is 11.8 Å².